The molecular formula is C16H23N4O3+. The quantitative estimate of drug-likeness (QED) is 0.360. The normalized spacial score (nSPS) is 11.7. The van der Waals surface area contributed by atoms with Crippen molar-refractivity contribution in [2.75, 3.05) is 39.2 Å². The van der Waals surface area contributed by atoms with Gasteiger partial charge < -0.3 is 14.7 Å². The maximum Gasteiger partial charge on any atom is 0.504 e. The number of carbonyl (C=O) groups is 1. The summed E-state index contributed by atoms with van der Waals surface area (Å²) in [4.78, 5) is 18.3. The van der Waals surface area contributed by atoms with E-state index in [9.17, 15) is 4.79 Å². The first-order chi connectivity index (χ1) is 10.8. The minimum absolute atomic E-state index is 0.136. The Morgan fingerprint density at radius 2 is 1.87 bits per heavy atom. The molecule has 7 heteroatoms. The predicted molar refractivity (Wildman–Crippen MR) is 88.5 cm³/mol. The lowest BCUT2D eigenvalue weighted by molar-refractivity contribution is -0.139. The monoisotopic (exact) mass is 319 g/mol. The van der Waals surface area contributed by atoms with Crippen molar-refractivity contribution < 1.29 is 14.6 Å². The van der Waals surface area contributed by atoms with Gasteiger partial charge in [-0.15, -0.1) is 0 Å². The molecule has 0 aromatic heterocycles. The molecule has 0 atom stereocenters. The second kappa shape index (κ2) is 8.76. The number of hydrogen-bond donors (Lipinski definition) is 1. The van der Waals surface area contributed by atoms with Gasteiger partial charge >= 0.3 is 11.7 Å². The van der Waals surface area contributed by atoms with E-state index in [0.29, 0.717) is 6.54 Å². The van der Waals surface area contributed by atoms with Gasteiger partial charge in [-0.1, -0.05) is 12.1 Å². The number of hydrogen-bond acceptors (Lipinski definition) is 6. The molecule has 0 aliphatic rings. The van der Waals surface area contributed by atoms with E-state index in [4.69, 9.17) is 15.2 Å². The van der Waals surface area contributed by atoms with Crippen LogP contribution in [0.2, 0.25) is 0 Å². The highest BCUT2D eigenvalue weighted by Crippen LogP contribution is 2.13. The molecule has 0 saturated heterocycles. The number of carbonyl (C=O) groups excluding carboxylic acids is 1. The van der Waals surface area contributed by atoms with Crippen LogP contribution in [0.25, 0.3) is 4.98 Å². The number of allylic oxidation sites excluding steroid dienone is 1. The minimum atomic E-state index is -0.851. The SMILES string of the molecule is C/C(O)=C(\[N+]#N)C(=O)OCCN(C)Cc1ccc(N(C)C)cc1. The lowest BCUT2D eigenvalue weighted by Gasteiger charge is -2.17. The largest absolute Gasteiger partial charge is 0.505 e. The van der Waals surface area contributed by atoms with Crippen LogP contribution >= 0.6 is 0 Å². The number of benzene rings is 1. The van der Waals surface area contributed by atoms with E-state index in [1.54, 1.807) is 0 Å². The van der Waals surface area contributed by atoms with Crippen LogP contribution in [0.1, 0.15) is 12.5 Å². The van der Waals surface area contributed by atoms with Crippen LogP contribution in [0, 0.1) is 5.39 Å². The predicted octanol–water partition coefficient (Wildman–Crippen LogP) is 2.37. The molecule has 0 fully saturated rings. The number of likely N-dealkylation sites (N-methyl/N-ethyl adjacent to an activating group) is 1. The van der Waals surface area contributed by atoms with Crippen LogP contribution in [0.4, 0.5) is 5.69 Å². The number of aliphatic hydroxyl groups is 1. The molecule has 0 aliphatic heterocycles. The van der Waals surface area contributed by atoms with Gasteiger partial charge in [0.2, 0.25) is 5.39 Å². The third-order valence-corrected chi connectivity index (χ3v) is 3.25. The molecular weight excluding hydrogens is 296 g/mol. The molecule has 0 heterocycles. The first-order valence-electron chi connectivity index (χ1n) is 7.22. The number of rotatable bonds is 7. The van der Waals surface area contributed by atoms with E-state index >= 15 is 0 Å². The highest BCUT2D eigenvalue weighted by Gasteiger charge is 2.28. The summed E-state index contributed by atoms with van der Waals surface area (Å²) >= 11 is 0. The zero-order valence-corrected chi connectivity index (χ0v) is 14.0. The Bertz CT molecular complexity index is 599. The number of aliphatic hydroxyl groups excluding tert-OH is 1. The van der Waals surface area contributed by atoms with Crippen LogP contribution < -0.4 is 4.90 Å². The van der Waals surface area contributed by atoms with Gasteiger partial charge in [0, 0.05) is 39.8 Å². The molecule has 0 amide bonds. The summed E-state index contributed by atoms with van der Waals surface area (Å²) in [5.41, 5.74) is 1.81. The first-order valence-corrected chi connectivity index (χ1v) is 7.22. The van der Waals surface area contributed by atoms with E-state index in [2.05, 4.69) is 17.1 Å². The molecule has 124 valence electrons. The van der Waals surface area contributed by atoms with Gasteiger partial charge in [-0.2, -0.15) is 0 Å². The first kappa shape index (κ1) is 18.5. The molecule has 1 aromatic rings. The maximum atomic E-state index is 11.5. The Morgan fingerprint density at radius 3 is 2.35 bits per heavy atom. The summed E-state index contributed by atoms with van der Waals surface area (Å²) in [6.45, 7) is 2.62. The van der Waals surface area contributed by atoms with Crippen molar-refractivity contribution in [2.45, 2.75) is 13.5 Å². The molecule has 1 rings (SSSR count). The van der Waals surface area contributed by atoms with Gasteiger partial charge in [-0.05, 0) is 24.7 Å². The van der Waals surface area contributed by atoms with Crippen molar-refractivity contribution in [1.82, 2.24) is 4.90 Å². The summed E-state index contributed by atoms with van der Waals surface area (Å²) < 4.78 is 4.96. The molecule has 23 heavy (non-hydrogen) atoms. The zero-order chi connectivity index (χ0) is 17.4. The van der Waals surface area contributed by atoms with Crippen LogP contribution in [-0.4, -0.2) is 50.3 Å². The minimum Gasteiger partial charge on any atom is -0.505 e. The third kappa shape index (κ3) is 5.96. The number of diazo groups is 1. The average molecular weight is 319 g/mol. The average Bonchev–Trinajstić information content (AvgIpc) is 2.48. The maximum absolute atomic E-state index is 11.5. The summed E-state index contributed by atoms with van der Waals surface area (Å²) in [5, 5.41) is 17.8. The van der Waals surface area contributed by atoms with Crippen molar-refractivity contribution in [2.24, 2.45) is 0 Å². The van der Waals surface area contributed by atoms with Gasteiger partial charge in [0.1, 0.15) is 6.61 Å². The van der Waals surface area contributed by atoms with E-state index in [1.165, 1.54) is 6.92 Å². The highest BCUT2D eigenvalue weighted by molar-refractivity contribution is 5.90. The van der Waals surface area contributed by atoms with Crippen molar-refractivity contribution in [3.8, 4) is 0 Å². The summed E-state index contributed by atoms with van der Waals surface area (Å²) in [5.74, 6) is -1.23. The molecule has 0 bridgehead atoms. The fourth-order valence-corrected chi connectivity index (χ4v) is 1.91. The Hall–Kier alpha value is -2.59. The van der Waals surface area contributed by atoms with Crippen molar-refractivity contribution in [3.05, 3.63) is 46.3 Å². The molecule has 7 nitrogen and oxygen atoms in total. The second-order valence-corrected chi connectivity index (χ2v) is 5.47. The second-order valence-electron chi connectivity index (χ2n) is 5.47. The molecule has 0 radical (unpaired) electrons. The number of ether oxygens (including phenoxy) is 1. The van der Waals surface area contributed by atoms with Gasteiger partial charge in [0.05, 0.1) is 0 Å². The van der Waals surface area contributed by atoms with E-state index in [1.807, 2.05) is 43.1 Å². The standard InChI is InChI=1S/C16H22N4O3/c1-12(21)15(18-17)16(22)23-10-9-20(4)11-13-5-7-14(8-6-13)19(2)3/h5-8H,9-11H2,1-4H3/p+1. The molecule has 0 spiro atoms. The van der Waals surface area contributed by atoms with Crippen LogP contribution in [-0.2, 0) is 16.1 Å². The van der Waals surface area contributed by atoms with Gasteiger partial charge in [0.15, 0.2) is 10.7 Å². The fourth-order valence-electron chi connectivity index (χ4n) is 1.91. The number of esters is 1. The van der Waals surface area contributed by atoms with Crippen molar-refractivity contribution in [3.63, 3.8) is 0 Å². The van der Waals surface area contributed by atoms with Gasteiger partial charge in [-0.3, -0.25) is 4.90 Å². The number of anilines is 1. The van der Waals surface area contributed by atoms with Crippen LogP contribution in [0.5, 0.6) is 0 Å². The third-order valence-electron chi connectivity index (χ3n) is 3.25. The van der Waals surface area contributed by atoms with Gasteiger partial charge in [0.25, 0.3) is 0 Å². The van der Waals surface area contributed by atoms with E-state index < -0.39 is 11.7 Å². The molecule has 0 unspecified atom stereocenters. The summed E-state index contributed by atoms with van der Waals surface area (Å²) in [6.07, 6.45) is 0. The van der Waals surface area contributed by atoms with Crippen molar-refractivity contribution in [1.29, 1.82) is 5.39 Å². The number of nitrogens with zero attached hydrogens (tertiary/aromatic N) is 4. The molecule has 0 saturated carbocycles. The smallest absolute Gasteiger partial charge is 0.504 e. The van der Waals surface area contributed by atoms with Crippen LogP contribution in [0.15, 0.2) is 35.7 Å². The summed E-state index contributed by atoms with van der Waals surface area (Å²) in [7, 11) is 5.90. The Labute approximate surface area is 136 Å². The lowest BCUT2D eigenvalue weighted by Crippen LogP contribution is -2.24. The Morgan fingerprint density at radius 1 is 1.26 bits per heavy atom. The Balaban J connectivity index is 2.43. The van der Waals surface area contributed by atoms with E-state index in [0.717, 1.165) is 17.8 Å². The zero-order valence-electron chi connectivity index (χ0n) is 14.0. The topological polar surface area (TPSA) is 81.2 Å². The molecule has 1 N–H and O–H groups in total. The molecule has 1 aromatic carbocycles. The van der Waals surface area contributed by atoms with Crippen LogP contribution in [0.3, 0.4) is 0 Å². The molecule has 0 aliphatic carbocycles. The van der Waals surface area contributed by atoms with Gasteiger partial charge in [-0.25, -0.2) is 4.79 Å². The lowest BCUT2D eigenvalue weighted by atomic mass is 10.2. The highest BCUT2D eigenvalue weighted by atomic mass is 16.5. The van der Waals surface area contributed by atoms with E-state index in [-0.39, 0.29) is 12.4 Å². The fraction of sp³-hybridized carbons (Fsp3) is 0.438. The summed E-state index contributed by atoms with van der Waals surface area (Å²) in [6, 6.07) is 8.21. The van der Waals surface area contributed by atoms with Crippen molar-refractivity contribution >= 4 is 11.7 Å². The Kier molecular flexibility index (Phi) is 7.03.